The molecule has 3 N–H and O–H groups in total. The zero-order valence-electron chi connectivity index (χ0n) is 17.4. The summed E-state index contributed by atoms with van der Waals surface area (Å²) in [5.74, 6) is 0.625. The van der Waals surface area contributed by atoms with Crippen molar-refractivity contribution < 1.29 is 28.1 Å². The van der Waals surface area contributed by atoms with Gasteiger partial charge < -0.3 is 25.2 Å². The van der Waals surface area contributed by atoms with Crippen molar-refractivity contribution in [3.8, 4) is 5.75 Å². The molecule has 0 spiro atoms. The smallest absolute Gasteiger partial charge is 0.416 e. The lowest BCUT2D eigenvalue weighted by atomic mass is 10.1. The van der Waals surface area contributed by atoms with Gasteiger partial charge in [-0.1, -0.05) is 12.1 Å². The number of halogens is 3. The highest BCUT2D eigenvalue weighted by Gasteiger charge is 2.31. The number of rotatable bonds is 6. The molecule has 2 aromatic carbocycles. The van der Waals surface area contributed by atoms with Gasteiger partial charge in [0, 0.05) is 49.7 Å². The van der Waals surface area contributed by atoms with E-state index in [-0.39, 0.29) is 6.61 Å². The average molecular weight is 449 g/mol. The van der Waals surface area contributed by atoms with Crippen LogP contribution >= 0.6 is 0 Å². The van der Waals surface area contributed by atoms with Gasteiger partial charge in [0.05, 0.1) is 5.56 Å². The lowest BCUT2D eigenvalue weighted by molar-refractivity contribution is -0.137. The van der Waals surface area contributed by atoms with Gasteiger partial charge in [0.1, 0.15) is 24.7 Å². The van der Waals surface area contributed by atoms with E-state index in [9.17, 15) is 23.4 Å². The molecule has 9 heteroatoms. The predicted molar refractivity (Wildman–Crippen MR) is 117 cm³/mol. The maximum atomic E-state index is 13.0. The average Bonchev–Trinajstić information content (AvgIpc) is 2.78. The van der Waals surface area contributed by atoms with Crippen LogP contribution in [0.15, 0.2) is 48.5 Å². The van der Waals surface area contributed by atoms with Crippen LogP contribution in [0.25, 0.3) is 6.08 Å². The summed E-state index contributed by atoms with van der Waals surface area (Å²) < 4.78 is 44.6. The van der Waals surface area contributed by atoms with Crippen molar-refractivity contribution in [2.75, 3.05) is 49.5 Å². The van der Waals surface area contributed by atoms with Crippen LogP contribution in [0.1, 0.15) is 11.1 Å². The lowest BCUT2D eigenvalue weighted by Gasteiger charge is -2.37. The first-order valence-electron chi connectivity index (χ1n) is 10.5. The Morgan fingerprint density at radius 1 is 1.09 bits per heavy atom. The number of alkyl halides is 3. The van der Waals surface area contributed by atoms with E-state index in [0.717, 1.165) is 17.3 Å². The van der Waals surface area contributed by atoms with Crippen LogP contribution in [-0.4, -0.2) is 66.8 Å². The van der Waals surface area contributed by atoms with E-state index < -0.39 is 24.1 Å². The Bertz CT molecular complexity index is 959. The Morgan fingerprint density at radius 3 is 2.62 bits per heavy atom. The van der Waals surface area contributed by atoms with Crippen molar-refractivity contribution >= 4 is 17.5 Å². The third kappa shape index (κ3) is 5.53. The summed E-state index contributed by atoms with van der Waals surface area (Å²) in [6.45, 7) is 3.02. The van der Waals surface area contributed by atoms with Gasteiger partial charge in [-0.05, 0) is 42.5 Å². The number of fused-ring (bicyclic) bond motifs is 1. The minimum Gasteiger partial charge on any atom is -0.491 e. The molecular formula is C23H26F3N3O3. The number of aliphatic hydroxyl groups excluding tert-OH is 2. The van der Waals surface area contributed by atoms with E-state index in [1.165, 1.54) is 12.1 Å². The summed E-state index contributed by atoms with van der Waals surface area (Å²) in [4.78, 5) is 4.01. The van der Waals surface area contributed by atoms with Gasteiger partial charge in [0.15, 0.2) is 0 Å². The number of nitrogens with one attached hydrogen (secondary N) is 1. The summed E-state index contributed by atoms with van der Waals surface area (Å²) in [6, 6.07) is 10.8. The van der Waals surface area contributed by atoms with Crippen LogP contribution in [0, 0.1) is 0 Å². The van der Waals surface area contributed by atoms with Crippen LogP contribution in [-0.2, 0) is 6.18 Å². The zero-order valence-corrected chi connectivity index (χ0v) is 17.4. The summed E-state index contributed by atoms with van der Waals surface area (Å²) >= 11 is 0. The number of benzene rings is 2. The van der Waals surface area contributed by atoms with Crippen molar-refractivity contribution in [3.05, 3.63) is 59.7 Å². The maximum absolute atomic E-state index is 13.0. The molecule has 0 aromatic heterocycles. The highest BCUT2D eigenvalue weighted by atomic mass is 19.4. The molecule has 2 aromatic rings. The predicted octanol–water partition coefficient (Wildman–Crippen LogP) is 3.02. The Hall–Kier alpha value is -2.75. The third-order valence-electron chi connectivity index (χ3n) is 5.61. The molecule has 0 saturated carbocycles. The summed E-state index contributed by atoms with van der Waals surface area (Å²) in [6.07, 6.45) is -2.30. The van der Waals surface area contributed by atoms with Crippen molar-refractivity contribution in [2.45, 2.75) is 18.5 Å². The zero-order chi connectivity index (χ0) is 22.7. The quantitative estimate of drug-likeness (QED) is 0.630. The number of ether oxygens (including phenoxy) is 1. The van der Waals surface area contributed by atoms with Crippen molar-refractivity contribution in [1.29, 1.82) is 0 Å². The molecule has 32 heavy (non-hydrogen) atoms. The summed E-state index contributed by atoms with van der Waals surface area (Å²) in [5, 5.41) is 22.9. The van der Waals surface area contributed by atoms with Crippen LogP contribution in [0.5, 0.6) is 5.75 Å². The molecule has 0 radical (unpaired) electrons. The van der Waals surface area contributed by atoms with E-state index in [1.54, 1.807) is 18.2 Å². The Morgan fingerprint density at radius 2 is 1.88 bits per heavy atom. The molecule has 2 atom stereocenters. The molecule has 2 aliphatic rings. The molecule has 2 heterocycles. The van der Waals surface area contributed by atoms with E-state index in [4.69, 9.17) is 4.74 Å². The monoisotopic (exact) mass is 449 g/mol. The normalized spacial score (nSPS) is 19.9. The topological polar surface area (TPSA) is 68.2 Å². The van der Waals surface area contributed by atoms with Gasteiger partial charge in [0.25, 0.3) is 0 Å². The number of hydrogen-bond acceptors (Lipinski definition) is 6. The van der Waals surface area contributed by atoms with Gasteiger partial charge in [-0.15, -0.1) is 0 Å². The molecule has 0 bridgehead atoms. The van der Waals surface area contributed by atoms with E-state index in [1.807, 2.05) is 23.1 Å². The Kier molecular flexibility index (Phi) is 6.59. The van der Waals surface area contributed by atoms with Crippen LogP contribution in [0.4, 0.5) is 24.5 Å². The van der Waals surface area contributed by atoms with Gasteiger partial charge in [-0.2, -0.15) is 13.2 Å². The van der Waals surface area contributed by atoms with Crippen LogP contribution in [0.2, 0.25) is 0 Å². The molecule has 0 aliphatic carbocycles. The highest BCUT2D eigenvalue weighted by Crippen LogP contribution is 2.32. The van der Waals surface area contributed by atoms with Crippen molar-refractivity contribution in [3.63, 3.8) is 0 Å². The molecule has 172 valence electrons. The number of hydrogen-bond donors (Lipinski definition) is 3. The second kappa shape index (κ2) is 9.40. The van der Waals surface area contributed by atoms with Gasteiger partial charge >= 0.3 is 6.18 Å². The van der Waals surface area contributed by atoms with Gasteiger partial charge in [0.2, 0.25) is 0 Å². The Balaban J connectivity index is 1.24. The Labute approximate surface area is 184 Å². The maximum Gasteiger partial charge on any atom is 0.416 e. The number of nitrogens with zero attached hydrogens (tertiary/aromatic N) is 2. The number of piperazine rings is 1. The van der Waals surface area contributed by atoms with Gasteiger partial charge in [-0.25, -0.2) is 0 Å². The third-order valence-corrected chi connectivity index (χ3v) is 5.61. The molecule has 4 rings (SSSR count). The molecule has 1 fully saturated rings. The van der Waals surface area contributed by atoms with Crippen LogP contribution < -0.4 is 15.0 Å². The van der Waals surface area contributed by atoms with E-state index in [0.29, 0.717) is 44.2 Å². The lowest BCUT2D eigenvalue weighted by Crippen LogP contribution is -2.49. The first kappa shape index (κ1) is 22.4. The fourth-order valence-electron chi connectivity index (χ4n) is 3.91. The highest BCUT2D eigenvalue weighted by molar-refractivity contribution is 5.71. The SMILES string of the molecule is OC1C=Cc2cc(OC[C@@H](O)CN3CCN(c4cccc(C(F)(F)F)c4)CC3)ccc2N1. The second-order valence-electron chi connectivity index (χ2n) is 8.00. The van der Waals surface area contributed by atoms with Crippen molar-refractivity contribution in [1.82, 2.24) is 4.90 Å². The first-order valence-corrected chi connectivity index (χ1v) is 10.5. The number of anilines is 2. The standard InChI is InChI=1S/C23H26F3N3O3/c24-23(25,26)17-2-1-3-18(13-17)29-10-8-28(9-11-29)14-19(30)15-32-20-5-6-21-16(12-20)4-7-22(31)27-21/h1-7,12-13,19,22,27,30-31H,8-11,14-15H2/t19-,22?/m0/s1. The molecule has 1 unspecified atom stereocenters. The molecule has 1 saturated heterocycles. The van der Waals surface area contributed by atoms with Crippen LogP contribution in [0.3, 0.4) is 0 Å². The minimum atomic E-state index is -4.35. The summed E-state index contributed by atoms with van der Waals surface area (Å²) in [5.41, 5.74) is 1.63. The minimum absolute atomic E-state index is 0.131. The molecule has 6 nitrogen and oxygen atoms in total. The largest absolute Gasteiger partial charge is 0.491 e. The molecule has 0 amide bonds. The fourth-order valence-corrected chi connectivity index (χ4v) is 3.91. The second-order valence-corrected chi connectivity index (χ2v) is 8.00. The van der Waals surface area contributed by atoms with E-state index in [2.05, 4.69) is 10.2 Å². The van der Waals surface area contributed by atoms with Crippen molar-refractivity contribution in [2.24, 2.45) is 0 Å². The molecular weight excluding hydrogens is 423 g/mol. The summed E-state index contributed by atoms with van der Waals surface area (Å²) in [7, 11) is 0. The molecule has 2 aliphatic heterocycles. The number of β-amino-alcohol motifs (C(OH)–C–C–N with tert-alkyl or cyclic N) is 1. The van der Waals surface area contributed by atoms with E-state index >= 15 is 0 Å². The first-order chi connectivity index (χ1) is 15.3. The number of aliphatic hydroxyl groups is 2. The fraction of sp³-hybridized carbons (Fsp3) is 0.391. The van der Waals surface area contributed by atoms with Gasteiger partial charge in [-0.3, -0.25) is 4.90 Å².